The normalized spacial score (nSPS) is 13.9. The summed E-state index contributed by atoms with van der Waals surface area (Å²) in [5.41, 5.74) is 3.78. The second kappa shape index (κ2) is 6.18. The first kappa shape index (κ1) is 15.8. The van der Waals surface area contributed by atoms with Crippen LogP contribution in [0.1, 0.15) is 24.5 Å². The van der Waals surface area contributed by atoms with E-state index in [1.54, 1.807) is 12.1 Å². The molecule has 0 fully saturated rings. The van der Waals surface area contributed by atoms with Crippen LogP contribution in [0.15, 0.2) is 53.4 Å². The highest BCUT2D eigenvalue weighted by molar-refractivity contribution is 7.89. The molecule has 2 aromatic carbocycles. The summed E-state index contributed by atoms with van der Waals surface area (Å²) in [5, 5.41) is 5.48. The molecule has 2 N–H and O–H groups in total. The topological polar surface area (TPSA) is 63.4 Å². The third-order valence-electron chi connectivity index (χ3n) is 3.99. The minimum absolute atomic E-state index is 0.188. The fourth-order valence-corrected chi connectivity index (χ4v) is 3.82. The van der Waals surface area contributed by atoms with E-state index >= 15 is 0 Å². The van der Waals surface area contributed by atoms with E-state index in [0.717, 1.165) is 29.7 Å². The van der Waals surface area contributed by atoms with Gasteiger partial charge in [0.1, 0.15) is 4.90 Å². The number of aryl methyl sites for hydroxylation is 1. The Labute approximate surface area is 137 Å². The predicted octanol–water partition coefficient (Wildman–Crippen LogP) is 3.45. The Hall–Kier alpha value is -2.11. The molecule has 1 heterocycles. The van der Waals surface area contributed by atoms with E-state index in [-0.39, 0.29) is 4.90 Å². The van der Waals surface area contributed by atoms with E-state index in [9.17, 15) is 8.42 Å². The van der Waals surface area contributed by atoms with Gasteiger partial charge in [-0.2, -0.15) is 0 Å². The molecule has 0 amide bonds. The number of nitrogens with zero attached hydrogens (tertiary/aromatic N) is 1. The van der Waals surface area contributed by atoms with E-state index in [2.05, 4.69) is 13.0 Å². The molecule has 0 atom stereocenters. The molecule has 4 nitrogen and oxygen atoms in total. The summed E-state index contributed by atoms with van der Waals surface area (Å²) >= 11 is 0. The number of nitrogens with two attached hydrogens (primary N) is 1. The number of sulfonamides is 1. The van der Waals surface area contributed by atoms with Crippen molar-refractivity contribution in [2.45, 2.75) is 24.7 Å². The zero-order valence-corrected chi connectivity index (χ0v) is 13.9. The Morgan fingerprint density at radius 1 is 1.13 bits per heavy atom. The number of hydrogen-bond acceptors (Lipinski definition) is 3. The summed E-state index contributed by atoms with van der Waals surface area (Å²) in [4.78, 5) is 2.23. The van der Waals surface area contributed by atoms with Crippen molar-refractivity contribution in [3.63, 3.8) is 0 Å². The Kier molecular flexibility index (Phi) is 4.24. The molecule has 0 bridgehead atoms. The lowest BCUT2D eigenvalue weighted by Crippen LogP contribution is -2.25. The average molecular weight is 328 g/mol. The Morgan fingerprint density at radius 2 is 1.91 bits per heavy atom. The van der Waals surface area contributed by atoms with Gasteiger partial charge in [0.2, 0.25) is 10.0 Å². The lowest BCUT2D eigenvalue weighted by atomic mass is 10.0. The summed E-state index contributed by atoms with van der Waals surface area (Å²) in [7, 11) is -3.79. The Balaban J connectivity index is 2.25. The molecule has 0 radical (unpaired) electrons. The Bertz CT molecular complexity index is 857. The number of para-hydroxylation sites is 2. The first-order valence-corrected chi connectivity index (χ1v) is 9.25. The molecule has 23 heavy (non-hydrogen) atoms. The zero-order chi connectivity index (χ0) is 16.4. The lowest BCUT2D eigenvalue weighted by molar-refractivity contribution is 0.597. The molecule has 5 heteroatoms. The van der Waals surface area contributed by atoms with Gasteiger partial charge in [-0.25, -0.2) is 13.6 Å². The summed E-state index contributed by atoms with van der Waals surface area (Å²) in [6.07, 6.45) is 5.84. The summed E-state index contributed by atoms with van der Waals surface area (Å²) in [6.45, 7) is 2.71. The number of benzene rings is 2. The van der Waals surface area contributed by atoms with Crippen molar-refractivity contribution in [2.24, 2.45) is 5.14 Å². The van der Waals surface area contributed by atoms with Gasteiger partial charge in [-0.05, 0) is 29.7 Å². The number of rotatable bonds is 4. The lowest BCUT2D eigenvalue weighted by Gasteiger charge is -2.31. The number of fused-ring (bicyclic) bond motifs is 1. The fourth-order valence-electron chi connectivity index (χ4n) is 3.04. The largest absolute Gasteiger partial charge is 0.336 e. The van der Waals surface area contributed by atoms with E-state index in [1.807, 2.05) is 41.3 Å². The van der Waals surface area contributed by atoms with Crippen LogP contribution in [0.25, 0.3) is 6.08 Å². The van der Waals surface area contributed by atoms with Gasteiger partial charge < -0.3 is 4.90 Å². The summed E-state index contributed by atoms with van der Waals surface area (Å²) in [5.74, 6) is 0. The van der Waals surface area contributed by atoms with Gasteiger partial charge >= 0.3 is 0 Å². The van der Waals surface area contributed by atoms with Crippen molar-refractivity contribution in [3.8, 4) is 0 Å². The maximum atomic E-state index is 12.1. The van der Waals surface area contributed by atoms with Crippen LogP contribution < -0.4 is 10.0 Å². The molecule has 0 aliphatic carbocycles. The van der Waals surface area contributed by atoms with Gasteiger partial charge in [-0.3, -0.25) is 0 Å². The van der Waals surface area contributed by atoms with Gasteiger partial charge in [-0.1, -0.05) is 55.8 Å². The van der Waals surface area contributed by atoms with Crippen LogP contribution in [0.3, 0.4) is 0 Å². The molecule has 2 aromatic rings. The van der Waals surface area contributed by atoms with Crippen molar-refractivity contribution in [3.05, 3.63) is 59.7 Å². The quantitative estimate of drug-likeness (QED) is 0.935. The standard InChI is InChI=1S/C18H20N2O2S/c1-2-7-15-9-5-12-17(23(19,21)22)18(15)20-13-6-10-14-8-3-4-11-16(14)20/h3-6,8-12H,2,7,13H2,1H3,(H2,19,21,22). The second-order valence-electron chi connectivity index (χ2n) is 5.63. The third-order valence-corrected chi connectivity index (χ3v) is 4.93. The molecule has 3 rings (SSSR count). The minimum atomic E-state index is -3.79. The molecular formula is C18H20N2O2S. The van der Waals surface area contributed by atoms with Crippen LogP contribution in [-0.4, -0.2) is 15.0 Å². The van der Waals surface area contributed by atoms with Crippen molar-refractivity contribution >= 4 is 27.5 Å². The van der Waals surface area contributed by atoms with Crippen molar-refractivity contribution in [2.75, 3.05) is 11.4 Å². The van der Waals surface area contributed by atoms with Gasteiger partial charge in [0.25, 0.3) is 0 Å². The minimum Gasteiger partial charge on any atom is -0.336 e. The highest BCUT2D eigenvalue weighted by Crippen LogP contribution is 2.38. The van der Waals surface area contributed by atoms with Crippen LogP contribution in [0, 0.1) is 0 Å². The van der Waals surface area contributed by atoms with E-state index < -0.39 is 10.0 Å². The molecule has 0 unspecified atom stereocenters. The number of primary sulfonamides is 1. The van der Waals surface area contributed by atoms with Crippen LogP contribution in [0.2, 0.25) is 0 Å². The maximum Gasteiger partial charge on any atom is 0.240 e. The van der Waals surface area contributed by atoms with Crippen LogP contribution in [-0.2, 0) is 16.4 Å². The van der Waals surface area contributed by atoms with Crippen molar-refractivity contribution < 1.29 is 8.42 Å². The fraction of sp³-hybridized carbons (Fsp3) is 0.222. The SMILES string of the molecule is CCCc1cccc(S(N)(=O)=O)c1N1CC=Cc2ccccc21. The van der Waals surface area contributed by atoms with Gasteiger partial charge in [-0.15, -0.1) is 0 Å². The van der Waals surface area contributed by atoms with Crippen LogP contribution in [0.5, 0.6) is 0 Å². The average Bonchev–Trinajstić information content (AvgIpc) is 2.54. The van der Waals surface area contributed by atoms with Crippen molar-refractivity contribution in [1.29, 1.82) is 0 Å². The molecule has 0 saturated heterocycles. The smallest absolute Gasteiger partial charge is 0.240 e. The van der Waals surface area contributed by atoms with E-state index in [4.69, 9.17) is 5.14 Å². The highest BCUT2D eigenvalue weighted by Gasteiger charge is 2.24. The number of hydrogen-bond donors (Lipinski definition) is 1. The predicted molar refractivity (Wildman–Crippen MR) is 94.3 cm³/mol. The molecule has 0 saturated carbocycles. The van der Waals surface area contributed by atoms with E-state index in [0.29, 0.717) is 12.2 Å². The monoisotopic (exact) mass is 328 g/mol. The molecular weight excluding hydrogens is 308 g/mol. The summed E-state index contributed by atoms with van der Waals surface area (Å²) < 4.78 is 24.2. The first-order chi connectivity index (χ1) is 11.0. The number of anilines is 2. The zero-order valence-electron chi connectivity index (χ0n) is 13.1. The maximum absolute atomic E-state index is 12.1. The van der Waals surface area contributed by atoms with Crippen molar-refractivity contribution in [1.82, 2.24) is 0 Å². The van der Waals surface area contributed by atoms with E-state index in [1.165, 1.54) is 0 Å². The molecule has 120 valence electrons. The molecule has 1 aliphatic heterocycles. The second-order valence-corrected chi connectivity index (χ2v) is 7.16. The third kappa shape index (κ3) is 3.02. The van der Waals surface area contributed by atoms with Gasteiger partial charge in [0.05, 0.1) is 5.69 Å². The van der Waals surface area contributed by atoms with Gasteiger partial charge in [0.15, 0.2) is 0 Å². The first-order valence-electron chi connectivity index (χ1n) is 7.70. The van der Waals surface area contributed by atoms with Crippen LogP contribution in [0.4, 0.5) is 11.4 Å². The highest BCUT2D eigenvalue weighted by atomic mass is 32.2. The molecule has 0 aromatic heterocycles. The molecule has 1 aliphatic rings. The van der Waals surface area contributed by atoms with Gasteiger partial charge in [0, 0.05) is 12.2 Å². The molecule has 0 spiro atoms. The van der Waals surface area contributed by atoms with Crippen LogP contribution >= 0.6 is 0 Å². The summed E-state index contributed by atoms with van der Waals surface area (Å²) in [6, 6.07) is 13.3. The Morgan fingerprint density at radius 3 is 2.65 bits per heavy atom.